The van der Waals surface area contributed by atoms with Crippen LogP contribution in [-0.2, 0) is 17.6 Å². The van der Waals surface area contributed by atoms with Gasteiger partial charge in [0.25, 0.3) is 0 Å². The fourth-order valence-corrected chi connectivity index (χ4v) is 2.72. The van der Waals surface area contributed by atoms with Crippen LogP contribution in [0.2, 0.25) is 0 Å². The molecule has 0 bridgehead atoms. The first-order valence-corrected chi connectivity index (χ1v) is 6.34. The maximum absolute atomic E-state index is 12.3. The highest BCUT2D eigenvalue weighted by atomic mass is 16.1. The fourth-order valence-electron chi connectivity index (χ4n) is 2.72. The lowest BCUT2D eigenvalue weighted by Gasteiger charge is -2.10. The number of carbonyl (C=O) groups excluding carboxylic acids is 1. The Balaban J connectivity index is 1.79. The number of fused-ring (bicyclic) bond motifs is 1. The highest BCUT2D eigenvalue weighted by Crippen LogP contribution is 2.34. The van der Waals surface area contributed by atoms with Crippen LogP contribution in [0.3, 0.4) is 0 Å². The molecule has 1 unspecified atom stereocenters. The summed E-state index contributed by atoms with van der Waals surface area (Å²) >= 11 is 0. The summed E-state index contributed by atoms with van der Waals surface area (Å²) in [5, 5.41) is 0. The highest BCUT2D eigenvalue weighted by Gasteiger charge is 2.27. The maximum atomic E-state index is 12.3. The minimum Gasteiger partial charge on any atom is -0.299 e. The molecule has 0 N–H and O–H groups in total. The minimum absolute atomic E-state index is 0.0846. The van der Waals surface area contributed by atoms with E-state index in [1.807, 2.05) is 24.3 Å². The van der Waals surface area contributed by atoms with Crippen molar-refractivity contribution in [3.8, 4) is 0 Å². The average Bonchev–Trinajstić information content (AvgIpc) is 2.84. The molecule has 0 radical (unpaired) electrons. The summed E-state index contributed by atoms with van der Waals surface area (Å²) in [6.07, 6.45) is 5.99. The summed E-state index contributed by atoms with van der Waals surface area (Å²) in [6.45, 7) is 0. The molecular formula is C16H15NO. The molecule has 1 aromatic carbocycles. The Bertz CT molecular complexity index is 562. The number of benzene rings is 1. The first-order chi connectivity index (χ1) is 8.84. The van der Waals surface area contributed by atoms with Gasteiger partial charge in [0.05, 0.1) is 0 Å². The topological polar surface area (TPSA) is 30.0 Å². The number of aryl methyl sites for hydroxylation is 1. The zero-order valence-corrected chi connectivity index (χ0v) is 10.2. The van der Waals surface area contributed by atoms with Gasteiger partial charge in [0.15, 0.2) is 0 Å². The second-order valence-corrected chi connectivity index (χ2v) is 4.79. The Kier molecular flexibility index (Phi) is 2.93. The first kappa shape index (κ1) is 11.1. The number of hydrogen-bond donors (Lipinski definition) is 0. The van der Waals surface area contributed by atoms with Crippen molar-refractivity contribution in [2.24, 2.45) is 0 Å². The van der Waals surface area contributed by atoms with E-state index in [2.05, 4.69) is 17.1 Å². The molecular weight excluding hydrogens is 222 g/mol. The zero-order chi connectivity index (χ0) is 12.4. The number of aromatic nitrogens is 1. The van der Waals surface area contributed by atoms with Gasteiger partial charge >= 0.3 is 0 Å². The van der Waals surface area contributed by atoms with Crippen LogP contribution in [0.25, 0.3) is 0 Å². The highest BCUT2D eigenvalue weighted by molar-refractivity contribution is 5.88. The summed E-state index contributed by atoms with van der Waals surface area (Å²) in [6, 6.07) is 12.1. The lowest BCUT2D eigenvalue weighted by Crippen LogP contribution is -2.12. The quantitative estimate of drug-likeness (QED) is 0.821. The van der Waals surface area contributed by atoms with E-state index in [-0.39, 0.29) is 5.92 Å². The molecule has 1 aliphatic carbocycles. The number of carbonyl (C=O) groups is 1. The molecule has 2 nitrogen and oxygen atoms in total. The monoisotopic (exact) mass is 237 g/mol. The number of pyridine rings is 1. The van der Waals surface area contributed by atoms with Crippen molar-refractivity contribution in [3.05, 3.63) is 65.5 Å². The molecule has 0 fully saturated rings. The number of hydrogen-bond acceptors (Lipinski definition) is 2. The predicted molar refractivity (Wildman–Crippen MR) is 70.5 cm³/mol. The van der Waals surface area contributed by atoms with Gasteiger partial charge in [0.2, 0.25) is 0 Å². The third kappa shape index (κ3) is 2.06. The van der Waals surface area contributed by atoms with Crippen molar-refractivity contribution >= 4 is 5.78 Å². The molecule has 1 heterocycles. The second-order valence-electron chi connectivity index (χ2n) is 4.79. The van der Waals surface area contributed by atoms with E-state index in [0.717, 1.165) is 18.4 Å². The van der Waals surface area contributed by atoms with E-state index in [1.165, 1.54) is 11.1 Å². The summed E-state index contributed by atoms with van der Waals surface area (Å²) in [5.41, 5.74) is 3.57. The van der Waals surface area contributed by atoms with E-state index in [4.69, 9.17) is 0 Å². The van der Waals surface area contributed by atoms with Crippen molar-refractivity contribution in [2.45, 2.75) is 25.2 Å². The zero-order valence-electron chi connectivity index (χ0n) is 10.2. The summed E-state index contributed by atoms with van der Waals surface area (Å²) in [7, 11) is 0. The molecule has 2 heteroatoms. The van der Waals surface area contributed by atoms with E-state index >= 15 is 0 Å². The molecule has 2 aromatic rings. The van der Waals surface area contributed by atoms with Gasteiger partial charge in [0, 0.05) is 24.7 Å². The van der Waals surface area contributed by atoms with E-state index in [9.17, 15) is 4.79 Å². The minimum atomic E-state index is 0.0846. The van der Waals surface area contributed by atoms with E-state index < -0.39 is 0 Å². The Hall–Kier alpha value is -1.96. The van der Waals surface area contributed by atoms with Crippen molar-refractivity contribution < 1.29 is 4.79 Å². The average molecular weight is 237 g/mol. The van der Waals surface area contributed by atoms with Crippen LogP contribution in [0.5, 0.6) is 0 Å². The van der Waals surface area contributed by atoms with Gasteiger partial charge in [-0.15, -0.1) is 0 Å². The second kappa shape index (κ2) is 4.73. The maximum Gasteiger partial charge on any atom is 0.144 e. The number of nitrogens with zero attached hydrogens (tertiary/aromatic N) is 1. The SMILES string of the molecule is O=C(Cc1cccnc1)C1CCc2ccccc21. The third-order valence-electron chi connectivity index (χ3n) is 3.62. The van der Waals surface area contributed by atoms with Gasteiger partial charge in [-0.1, -0.05) is 30.3 Å². The van der Waals surface area contributed by atoms with Crippen molar-refractivity contribution in [1.82, 2.24) is 4.98 Å². The van der Waals surface area contributed by atoms with E-state index in [1.54, 1.807) is 12.4 Å². The third-order valence-corrected chi connectivity index (χ3v) is 3.62. The molecule has 0 aliphatic heterocycles. The molecule has 1 aliphatic rings. The summed E-state index contributed by atoms with van der Waals surface area (Å²) in [4.78, 5) is 16.4. The molecule has 18 heavy (non-hydrogen) atoms. The lowest BCUT2D eigenvalue weighted by atomic mass is 9.93. The Morgan fingerprint density at radius 1 is 1.22 bits per heavy atom. The molecule has 3 rings (SSSR count). The molecule has 90 valence electrons. The summed E-state index contributed by atoms with van der Waals surface area (Å²) in [5.74, 6) is 0.398. The molecule has 0 saturated carbocycles. The van der Waals surface area contributed by atoms with Gasteiger partial charge in [-0.3, -0.25) is 9.78 Å². The van der Waals surface area contributed by atoms with Gasteiger partial charge < -0.3 is 0 Å². The van der Waals surface area contributed by atoms with Gasteiger partial charge in [-0.05, 0) is 35.6 Å². The van der Waals surface area contributed by atoms with Crippen molar-refractivity contribution in [2.75, 3.05) is 0 Å². The Morgan fingerprint density at radius 2 is 2.11 bits per heavy atom. The molecule has 1 atom stereocenters. The van der Waals surface area contributed by atoms with Crippen LogP contribution in [-0.4, -0.2) is 10.8 Å². The van der Waals surface area contributed by atoms with Gasteiger partial charge in [-0.2, -0.15) is 0 Å². The van der Waals surface area contributed by atoms with Crippen molar-refractivity contribution in [3.63, 3.8) is 0 Å². The molecule has 1 aromatic heterocycles. The number of rotatable bonds is 3. The predicted octanol–water partition coefficient (Wildman–Crippen LogP) is 2.92. The number of ketones is 1. The normalized spacial score (nSPS) is 17.4. The van der Waals surface area contributed by atoms with Gasteiger partial charge in [0.1, 0.15) is 5.78 Å². The van der Waals surface area contributed by atoms with Crippen LogP contribution >= 0.6 is 0 Å². The standard InChI is InChI=1S/C16H15NO/c18-16(10-12-4-3-9-17-11-12)15-8-7-13-5-1-2-6-14(13)15/h1-6,9,11,15H,7-8,10H2. The van der Waals surface area contributed by atoms with E-state index in [0.29, 0.717) is 12.2 Å². The Labute approximate surface area is 107 Å². The Morgan fingerprint density at radius 3 is 2.94 bits per heavy atom. The smallest absolute Gasteiger partial charge is 0.144 e. The molecule has 0 amide bonds. The summed E-state index contributed by atoms with van der Waals surface area (Å²) < 4.78 is 0. The first-order valence-electron chi connectivity index (χ1n) is 6.34. The van der Waals surface area contributed by atoms with Crippen LogP contribution in [0, 0.1) is 0 Å². The van der Waals surface area contributed by atoms with Crippen LogP contribution in [0.1, 0.15) is 29.0 Å². The van der Waals surface area contributed by atoms with Crippen LogP contribution in [0.4, 0.5) is 0 Å². The number of Topliss-reactive ketones (excluding diaryl/α,β-unsaturated/α-hetero) is 1. The largest absolute Gasteiger partial charge is 0.299 e. The fraction of sp³-hybridized carbons (Fsp3) is 0.250. The molecule has 0 spiro atoms. The van der Waals surface area contributed by atoms with Crippen LogP contribution in [0.15, 0.2) is 48.8 Å². The lowest BCUT2D eigenvalue weighted by molar-refractivity contribution is -0.119. The van der Waals surface area contributed by atoms with Crippen LogP contribution < -0.4 is 0 Å². The molecule has 0 saturated heterocycles. The van der Waals surface area contributed by atoms with Crippen molar-refractivity contribution in [1.29, 1.82) is 0 Å². The van der Waals surface area contributed by atoms with Gasteiger partial charge in [-0.25, -0.2) is 0 Å².